The first-order chi connectivity index (χ1) is 17.8. The number of morpholine rings is 1. The van der Waals surface area contributed by atoms with Gasteiger partial charge >= 0.3 is 0 Å². The van der Waals surface area contributed by atoms with Gasteiger partial charge in [0.1, 0.15) is 0 Å². The number of hydrogen-bond acceptors (Lipinski definition) is 5. The van der Waals surface area contributed by atoms with Gasteiger partial charge in [0.2, 0.25) is 0 Å². The molecule has 1 saturated heterocycles. The Bertz CT molecular complexity index is 1590. The Morgan fingerprint density at radius 1 is 0.838 bits per heavy atom. The predicted octanol–water partition coefficient (Wildman–Crippen LogP) is 6.04. The summed E-state index contributed by atoms with van der Waals surface area (Å²) in [6.07, 6.45) is 0. The highest BCUT2D eigenvalue weighted by Gasteiger charge is 2.22. The van der Waals surface area contributed by atoms with Crippen molar-refractivity contribution in [2.75, 3.05) is 41.2 Å². The molecule has 0 saturated carbocycles. The molecule has 0 radical (unpaired) electrons. The molecule has 5 rings (SSSR count). The number of anilines is 3. The van der Waals surface area contributed by atoms with Crippen LogP contribution in [0.15, 0.2) is 83.8 Å². The average Bonchev–Trinajstić information content (AvgIpc) is 2.90. The summed E-state index contributed by atoms with van der Waals surface area (Å²) in [6, 6.07) is 22.3. The minimum absolute atomic E-state index is 0.0330. The third-order valence-corrected chi connectivity index (χ3v) is 7.99. The van der Waals surface area contributed by atoms with E-state index in [2.05, 4.69) is 14.9 Å². The first-order valence-corrected chi connectivity index (χ1v) is 13.8. The monoisotopic (exact) mass is 555 g/mol. The molecule has 190 valence electrons. The van der Waals surface area contributed by atoms with E-state index in [4.69, 9.17) is 27.9 Å². The molecule has 1 aliphatic rings. The Morgan fingerprint density at radius 3 is 2.38 bits per heavy atom. The number of nitrogens with one attached hydrogen (secondary N) is 2. The Morgan fingerprint density at radius 2 is 1.59 bits per heavy atom. The van der Waals surface area contributed by atoms with Gasteiger partial charge in [-0.3, -0.25) is 9.52 Å². The Hall–Kier alpha value is -3.30. The van der Waals surface area contributed by atoms with Gasteiger partial charge in [-0.2, -0.15) is 0 Å². The smallest absolute Gasteiger partial charge is 0.262 e. The number of amides is 1. The first-order valence-electron chi connectivity index (χ1n) is 11.5. The summed E-state index contributed by atoms with van der Waals surface area (Å²) in [4.78, 5) is 15.3. The summed E-state index contributed by atoms with van der Waals surface area (Å²) in [5.41, 5.74) is 1.70. The zero-order valence-electron chi connectivity index (χ0n) is 19.6. The van der Waals surface area contributed by atoms with Crippen LogP contribution in [-0.2, 0) is 14.8 Å². The van der Waals surface area contributed by atoms with Crippen molar-refractivity contribution in [3.05, 3.63) is 94.5 Å². The van der Waals surface area contributed by atoms with Crippen molar-refractivity contribution in [1.82, 2.24) is 0 Å². The zero-order chi connectivity index (χ0) is 26.0. The van der Waals surface area contributed by atoms with Crippen molar-refractivity contribution in [2.45, 2.75) is 4.90 Å². The van der Waals surface area contributed by atoms with Gasteiger partial charge in [-0.15, -0.1) is 0 Å². The third kappa shape index (κ3) is 5.67. The molecule has 0 spiro atoms. The molecule has 0 unspecified atom stereocenters. The Kier molecular flexibility index (Phi) is 7.26. The van der Waals surface area contributed by atoms with Crippen LogP contribution in [0, 0.1) is 0 Å². The van der Waals surface area contributed by atoms with E-state index in [0.717, 1.165) is 10.8 Å². The molecule has 10 heteroatoms. The number of carbonyl (C=O) groups excluding carboxylic acids is 1. The second-order valence-corrected chi connectivity index (χ2v) is 11.1. The summed E-state index contributed by atoms with van der Waals surface area (Å²) < 4.78 is 34.4. The van der Waals surface area contributed by atoms with Crippen LogP contribution in [0.2, 0.25) is 10.0 Å². The number of hydrogen-bond donors (Lipinski definition) is 2. The number of carbonyl (C=O) groups is 1. The minimum Gasteiger partial charge on any atom is -0.378 e. The van der Waals surface area contributed by atoms with Crippen LogP contribution in [0.4, 0.5) is 17.1 Å². The van der Waals surface area contributed by atoms with Crippen LogP contribution in [0.5, 0.6) is 0 Å². The summed E-state index contributed by atoms with van der Waals surface area (Å²) in [5.74, 6) is -0.347. The van der Waals surface area contributed by atoms with Crippen LogP contribution in [0.3, 0.4) is 0 Å². The second kappa shape index (κ2) is 10.6. The lowest BCUT2D eigenvalue weighted by Crippen LogP contribution is -2.36. The number of nitrogens with zero attached hydrogens (tertiary/aromatic N) is 1. The number of sulfonamides is 1. The van der Waals surface area contributed by atoms with Crippen molar-refractivity contribution in [3.63, 3.8) is 0 Å². The predicted molar refractivity (Wildman–Crippen MR) is 149 cm³/mol. The number of halogens is 2. The van der Waals surface area contributed by atoms with E-state index < -0.39 is 10.0 Å². The van der Waals surface area contributed by atoms with Gasteiger partial charge in [0, 0.05) is 23.7 Å². The van der Waals surface area contributed by atoms with Crippen LogP contribution in [0.1, 0.15) is 10.4 Å². The van der Waals surface area contributed by atoms with Crippen LogP contribution < -0.4 is 14.9 Å². The van der Waals surface area contributed by atoms with Crippen molar-refractivity contribution in [3.8, 4) is 0 Å². The van der Waals surface area contributed by atoms with E-state index >= 15 is 0 Å². The highest BCUT2D eigenvalue weighted by Crippen LogP contribution is 2.33. The van der Waals surface area contributed by atoms with Crippen molar-refractivity contribution < 1.29 is 17.9 Å². The highest BCUT2D eigenvalue weighted by atomic mass is 35.5. The van der Waals surface area contributed by atoms with E-state index in [9.17, 15) is 13.2 Å². The fraction of sp³-hybridized carbons (Fsp3) is 0.148. The number of fused-ring (bicyclic) bond motifs is 1. The summed E-state index contributed by atoms with van der Waals surface area (Å²) in [6.45, 7) is 2.29. The number of rotatable bonds is 6. The molecule has 1 heterocycles. The van der Waals surface area contributed by atoms with E-state index in [0.29, 0.717) is 48.3 Å². The Balaban J connectivity index is 1.50. The molecule has 1 aliphatic heterocycles. The molecule has 1 fully saturated rings. The van der Waals surface area contributed by atoms with E-state index in [-0.39, 0.29) is 21.5 Å². The van der Waals surface area contributed by atoms with Crippen molar-refractivity contribution in [1.29, 1.82) is 0 Å². The second-order valence-electron chi connectivity index (χ2n) is 8.52. The van der Waals surface area contributed by atoms with Gasteiger partial charge in [-0.05, 0) is 59.3 Å². The third-order valence-electron chi connectivity index (χ3n) is 6.06. The molecule has 0 aromatic heterocycles. The molecule has 4 aromatic rings. The maximum atomic E-state index is 13.3. The van der Waals surface area contributed by atoms with Gasteiger partial charge in [-0.25, -0.2) is 8.42 Å². The van der Waals surface area contributed by atoms with E-state index in [1.807, 2.05) is 36.4 Å². The zero-order valence-corrected chi connectivity index (χ0v) is 21.9. The molecule has 1 amide bonds. The molecule has 2 N–H and O–H groups in total. The molecule has 0 bridgehead atoms. The van der Waals surface area contributed by atoms with Crippen LogP contribution in [0.25, 0.3) is 10.8 Å². The molecule has 4 aromatic carbocycles. The van der Waals surface area contributed by atoms with Gasteiger partial charge in [0.05, 0.1) is 40.2 Å². The lowest BCUT2D eigenvalue weighted by molar-refractivity contribution is 0.102. The molecule has 37 heavy (non-hydrogen) atoms. The molecule has 0 aliphatic carbocycles. The number of ether oxygens (including phenoxy) is 1. The molecule has 0 atom stereocenters. The number of benzene rings is 4. The van der Waals surface area contributed by atoms with Gasteiger partial charge < -0.3 is 15.0 Å². The van der Waals surface area contributed by atoms with E-state index in [1.54, 1.807) is 18.2 Å². The largest absolute Gasteiger partial charge is 0.378 e. The SMILES string of the molecule is O=C(Nc1cc(S(=O)(=O)Nc2cc(Cl)ccc2Cl)ccc1N1CCOCC1)c1ccc2ccccc2c1. The maximum Gasteiger partial charge on any atom is 0.262 e. The molecular formula is C27H23Cl2N3O4S. The van der Waals surface area contributed by atoms with Gasteiger partial charge in [-0.1, -0.05) is 53.5 Å². The fourth-order valence-corrected chi connectivity index (χ4v) is 5.66. The van der Waals surface area contributed by atoms with Crippen LogP contribution >= 0.6 is 23.2 Å². The summed E-state index contributed by atoms with van der Waals surface area (Å²) in [5, 5.41) is 5.43. The minimum atomic E-state index is -4.04. The maximum absolute atomic E-state index is 13.3. The van der Waals surface area contributed by atoms with E-state index in [1.165, 1.54) is 24.3 Å². The lowest BCUT2D eigenvalue weighted by Gasteiger charge is -2.30. The van der Waals surface area contributed by atoms with Gasteiger partial charge in [0.15, 0.2) is 0 Å². The summed E-state index contributed by atoms with van der Waals surface area (Å²) >= 11 is 12.2. The first kappa shape index (κ1) is 25.4. The Labute approximate surface area is 225 Å². The van der Waals surface area contributed by atoms with Gasteiger partial charge in [0.25, 0.3) is 15.9 Å². The normalized spacial score (nSPS) is 13.9. The fourth-order valence-electron chi connectivity index (χ4n) is 4.17. The van der Waals surface area contributed by atoms with Crippen LogP contribution in [-0.4, -0.2) is 40.6 Å². The molecule has 7 nitrogen and oxygen atoms in total. The lowest BCUT2D eigenvalue weighted by atomic mass is 10.1. The highest BCUT2D eigenvalue weighted by molar-refractivity contribution is 7.92. The average molecular weight is 556 g/mol. The van der Waals surface area contributed by atoms with Crippen molar-refractivity contribution in [2.24, 2.45) is 0 Å². The summed E-state index contributed by atoms with van der Waals surface area (Å²) in [7, 11) is -4.04. The van der Waals surface area contributed by atoms with Crippen molar-refractivity contribution >= 4 is 67.0 Å². The topological polar surface area (TPSA) is 87.7 Å². The standard InChI is InChI=1S/C27H23Cl2N3O4S/c28-21-7-9-23(29)24(16-21)31-37(34,35)22-8-10-26(32-11-13-36-14-12-32)25(17-22)30-27(33)20-6-5-18-3-1-2-4-19(18)15-20/h1-10,15-17,31H,11-14H2,(H,30,33). The quantitative estimate of drug-likeness (QED) is 0.303. The molecular weight excluding hydrogens is 533 g/mol.